The van der Waals surface area contributed by atoms with E-state index in [0.29, 0.717) is 12.1 Å². The van der Waals surface area contributed by atoms with E-state index >= 15 is 0 Å². The molecule has 0 atom stereocenters. The van der Waals surface area contributed by atoms with E-state index in [1.165, 1.54) is 0 Å². The molecule has 0 aliphatic heterocycles. The number of para-hydroxylation sites is 1. The summed E-state index contributed by atoms with van der Waals surface area (Å²) in [5.41, 5.74) is 3.32. The fourth-order valence-corrected chi connectivity index (χ4v) is 2.12. The fraction of sp³-hybridized carbons (Fsp3) is 0.333. The van der Waals surface area contributed by atoms with Crippen LogP contribution in [0.25, 0.3) is 0 Å². The van der Waals surface area contributed by atoms with Crippen LogP contribution in [0.15, 0.2) is 30.3 Å². The van der Waals surface area contributed by atoms with E-state index in [9.17, 15) is 4.79 Å². The highest BCUT2D eigenvalue weighted by atomic mass is 16.1. The number of H-pyrrole nitrogens is 1. The molecule has 1 heterocycles. The maximum absolute atomic E-state index is 12.1. The van der Waals surface area contributed by atoms with E-state index in [1.54, 1.807) is 0 Å². The highest BCUT2D eigenvalue weighted by molar-refractivity contribution is 5.96. The third-order valence-corrected chi connectivity index (χ3v) is 3.28. The van der Waals surface area contributed by atoms with Crippen molar-refractivity contribution in [2.45, 2.75) is 13.8 Å². The quantitative estimate of drug-likeness (QED) is 0.874. The summed E-state index contributed by atoms with van der Waals surface area (Å²) in [6.07, 6.45) is 0. The average molecular weight is 272 g/mol. The van der Waals surface area contributed by atoms with E-state index in [0.717, 1.165) is 23.6 Å². The van der Waals surface area contributed by atoms with Crippen LogP contribution in [0, 0.1) is 13.8 Å². The zero-order valence-electron chi connectivity index (χ0n) is 12.1. The molecule has 2 N–H and O–H groups in total. The number of nitrogens with zero attached hydrogens (tertiary/aromatic N) is 2. The van der Waals surface area contributed by atoms with Crippen LogP contribution in [-0.4, -0.2) is 36.2 Å². The first-order valence-electron chi connectivity index (χ1n) is 6.65. The number of aromatic amines is 1. The van der Waals surface area contributed by atoms with Gasteiger partial charge in [0.1, 0.15) is 0 Å². The molecule has 1 amide bonds. The van der Waals surface area contributed by atoms with Crippen molar-refractivity contribution in [3.8, 4) is 0 Å². The molecule has 5 heteroatoms. The SMILES string of the molecule is Cc1n[nH]c(C)c1C(=O)NCCN(C)c1ccccc1. The molecule has 20 heavy (non-hydrogen) atoms. The normalized spacial score (nSPS) is 10.3. The van der Waals surface area contributed by atoms with Gasteiger partial charge in [0.15, 0.2) is 0 Å². The van der Waals surface area contributed by atoms with Crippen molar-refractivity contribution >= 4 is 11.6 Å². The molecule has 0 unspecified atom stereocenters. The summed E-state index contributed by atoms with van der Waals surface area (Å²) in [6, 6.07) is 10.1. The summed E-state index contributed by atoms with van der Waals surface area (Å²) in [6.45, 7) is 5.03. The fourth-order valence-electron chi connectivity index (χ4n) is 2.12. The maximum atomic E-state index is 12.1. The summed E-state index contributed by atoms with van der Waals surface area (Å²) < 4.78 is 0. The summed E-state index contributed by atoms with van der Waals surface area (Å²) in [4.78, 5) is 14.2. The predicted octanol–water partition coefficient (Wildman–Crippen LogP) is 1.89. The van der Waals surface area contributed by atoms with Crippen molar-refractivity contribution in [2.75, 3.05) is 25.0 Å². The van der Waals surface area contributed by atoms with Crippen LogP contribution in [0.5, 0.6) is 0 Å². The molecule has 0 fully saturated rings. The summed E-state index contributed by atoms with van der Waals surface area (Å²) in [5, 5.41) is 9.78. The molecule has 1 aromatic heterocycles. The number of likely N-dealkylation sites (N-methyl/N-ethyl adjacent to an activating group) is 1. The average Bonchev–Trinajstić information content (AvgIpc) is 2.79. The van der Waals surface area contributed by atoms with Crippen LogP contribution < -0.4 is 10.2 Å². The predicted molar refractivity (Wildman–Crippen MR) is 80.1 cm³/mol. The van der Waals surface area contributed by atoms with Gasteiger partial charge in [-0.15, -0.1) is 0 Å². The Labute approximate surface area is 119 Å². The second-order valence-corrected chi connectivity index (χ2v) is 4.82. The third-order valence-electron chi connectivity index (χ3n) is 3.28. The van der Waals surface area contributed by atoms with Crippen molar-refractivity contribution in [3.63, 3.8) is 0 Å². The Morgan fingerprint density at radius 2 is 2.00 bits per heavy atom. The van der Waals surface area contributed by atoms with Gasteiger partial charge in [-0.2, -0.15) is 5.10 Å². The number of aromatic nitrogens is 2. The highest BCUT2D eigenvalue weighted by Crippen LogP contribution is 2.10. The molecular weight excluding hydrogens is 252 g/mol. The molecule has 0 aliphatic carbocycles. The van der Waals surface area contributed by atoms with Gasteiger partial charge in [0.05, 0.1) is 11.3 Å². The van der Waals surface area contributed by atoms with E-state index in [4.69, 9.17) is 0 Å². The summed E-state index contributed by atoms with van der Waals surface area (Å²) >= 11 is 0. The first-order chi connectivity index (χ1) is 9.59. The minimum Gasteiger partial charge on any atom is -0.373 e. The van der Waals surface area contributed by atoms with Gasteiger partial charge >= 0.3 is 0 Å². The van der Waals surface area contributed by atoms with Gasteiger partial charge in [-0.3, -0.25) is 9.89 Å². The number of amides is 1. The van der Waals surface area contributed by atoms with Gasteiger partial charge in [0.2, 0.25) is 0 Å². The molecule has 0 bridgehead atoms. The smallest absolute Gasteiger partial charge is 0.255 e. The zero-order valence-corrected chi connectivity index (χ0v) is 12.1. The number of benzene rings is 1. The Morgan fingerprint density at radius 1 is 1.30 bits per heavy atom. The molecule has 106 valence electrons. The molecular formula is C15H20N4O. The lowest BCUT2D eigenvalue weighted by atomic mass is 10.2. The van der Waals surface area contributed by atoms with Crippen molar-refractivity contribution in [1.29, 1.82) is 0 Å². The summed E-state index contributed by atoms with van der Waals surface area (Å²) in [5.74, 6) is -0.0739. The van der Waals surface area contributed by atoms with E-state index in [1.807, 2.05) is 51.2 Å². The molecule has 0 radical (unpaired) electrons. The van der Waals surface area contributed by atoms with Crippen LogP contribution in [0.1, 0.15) is 21.7 Å². The Morgan fingerprint density at radius 3 is 2.60 bits per heavy atom. The maximum Gasteiger partial charge on any atom is 0.255 e. The topological polar surface area (TPSA) is 61.0 Å². The van der Waals surface area contributed by atoms with Crippen LogP contribution in [0.4, 0.5) is 5.69 Å². The first kappa shape index (κ1) is 14.1. The van der Waals surface area contributed by atoms with Crippen LogP contribution >= 0.6 is 0 Å². The molecule has 0 saturated heterocycles. The monoisotopic (exact) mass is 272 g/mol. The molecule has 0 spiro atoms. The van der Waals surface area contributed by atoms with Gasteiger partial charge in [0.25, 0.3) is 5.91 Å². The second kappa shape index (κ2) is 6.23. The van der Waals surface area contributed by atoms with Crippen molar-refractivity contribution < 1.29 is 4.79 Å². The van der Waals surface area contributed by atoms with Gasteiger partial charge in [-0.1, -0.05) is 18.2 Å². The number of rotatable bonds is 5. The minimum absolute atomic E-state index is 0.0739. The van der Waals surface area contributed by atoms with E-state index < -0.39 is 0 Å². The lowest BCUT2D eigenvalue weighted by Crippen LogP contribution is -2.33. The molecule has 0 aliphatic rings. The number of carbonyl (C=O) groups is 1. The Kier molecular flexibility index (Phi) is 4.40. The largest absolute Gasteiger partial charge is 0.373 e. The Hall–Kier alpha value is -2.30. The molecule has 5 nitrogen and oxygen atoms in total. The summed E-state index contributed by atoms with van der Waals surface area (Å²) in [7, 11) is 2.01. The van der Waals surface area contributed by atoms with E-state index in [-0.39, 0.29) is 5.91 Å². The van der Waals surface area contributed by atoms with Crippen LogP contribution in [0.3, 0.4) is 0 Å². The molecule has 2 rings (SSSR count). The van der Waals surface area contributed by atoms with Gasteiger partial charge in [0, 0.05) is 31.5 Å². The van der Waals surface area contributed by atoms with Crippen LogP contribution in [0.2, 0.25) is 0 Å². The van der Waals surface area contributed by atoms with Crippen molar-refractivity contribution in [3.05, 3.63) is 47.3 Å². The standard InChI is InChI=1S/C15H20N4O/c1-11-14(12(2)18-17-11)15(20)16-9-10-19(3)13-7-5-4-6-8-13/h4-8H,9-10H2,1-3H3,(H,16,20)(H,17,18). The number of hydrogen-bond donors (Lipinski definition) is 2. The lowest BCUT2D eigenvalue weighted by Gasteiger charge is -2.19. The number of nitrogens with one attached hydrogen (secondary N) is 2. The van der Waals surface area contributed by atoms with E-state index in [2.05, 4.69) is 20.4 Å². The zero-order chi connectivity index (χ0) is 14.5. The van der Waals surface area contributed by atoms with Crippen molar-refractivity contribution in [1.82, 2.24) is 15.5 Å². The highest BCUT2D eigenvalue weighted by Gasteiger charge is 2.14. The Balaban J connectivity index is 1.86. The molecule has 0 saturated carbocycles. The van der Waals surface area contributed by atoms with Gasteiger partial charge < -0.3 is 10.2 Å². The number of anilines is 1. The number of aryl methyl sites for hydroxylation is 2. The van der Waals surface area contributed by atoms with Gasteiger partial charge in [-0.25, -0.2) is 0 Å². The molecule has 1 aromatic carbocycles. The Bertz CT molecular complexity index is 557. The molecule has 2 aromatic rings. The lowest BCUT2D eigenvalue weighted by molar-refractivity contribution is 0.0953. The number of hydrogen-bond acceptors (Lipinski definition) is 3. The second-order valence-electron chi connectivity index (χ2n) is 4.82. The van der Waals surface area contributed by atoms with Crippen molar-refractivity contribution in [2.24, 2.45) is 0 Å². The van der Waals surface area contributed by atoms with Gasteiger partial charge in [-0.05, 0) is 26.0 Å². The number of carbonyl (C=O) groups excluding carboxylic acids is 1. The first-order valence-corrected chi connectivity index (χ1v) is 6.65. The van der Waals surface area contributed by atoms with Crippen LogP contribution in [-0.2, 0) is 0 Å². The minimum atomic E-state index is -0.0739. The third kappa shape index (κ3) is 3.17.